The van der Waals surface area contributed by atoms with E-state index in [9.17, 15) is 14.7 Å². The topological polar surface area (TPSA) is 130 Å². The number of hydrogen-bond acceptors (Lipinski definition) is 4. The number of hydrogen-bond donors (Lipinski definition) is 4. The van der Waals surface area contributed by atoms with Gasteiger partial charge in [0.1, 0.15) is 5.78 Å². The molecule has 0 aliphatic rings. The molecule has 0 spiro atoms. The number of nitrogens with one attached hydrogen (secondary N) is 1. The lowest BCUT2D eigenvalue weighted by Crippen LogP contribution is -2.33. The molecular weight excluding hydrogens is 294 g/mol. The maximum Gasteiger partial charge on any atom is 0.307 e. The molecule has 6 N–H and O–H groups in total. The molecule has 1 aromatic rings. The van der Waals surface area contributed by atoms with Gasteiger partial charge in [0.15, 0.2) is 0 Å². The molecular formula is C17H25N3O3. The highest BCUT2D eigenvalue weighted by molar-refractivity contribution is 5.87. The van der Waals surface area contributed by atoms with E-state index in [0.29, 0.717) is 32.1 Å². The van der Waals surface area contributed by atoms with Crippen LogP contribution in [0.1, 0.15) is 37.7 Å². The molecule has 2 atom stereocenters. The molecule has 0 amide bonds. The maximum atomic E-state index is 12.1. The summed E-state index contributed by atoms with van der Waals surface area (Å²) in [6, 6.07) is 8.60. The number of rotatable bonds is 11. The standard InChI is InChI=1S/C17H25N3O3/c18-14(8-4-5-9-16(19)20)15(21)11-13(17(22)23)10-12-6-2-1-3-7-12/h1-3,6-7,13-14H,4-5,8-11,18H2,(H3,19,20)(H,22,23)/t13-,14+/m1/s1. The average molecular weight is 319 g/mol. The summed E-state index contributed by atoms with van der Waals surface area (Å²) < 4.78 is 0. The highest BCUT2D eigenvalue weighted by Crippen LogP contribution is 2.15. The van der Waals surface area contributed by atoms with E-state index in [0.717, 1.165) is 5.56 Å². The summed E-state index contributed by atoms with van der Waals surface area (Å²) in [5.74, 6) is -1.84. The number of aliphatic carboxylic acids is 1. The summed E-state index contributed by atoms with van der Waals surface area (Å²) >= 11 is 0. The number of amidine groups is 1. The number of Topliss-reactive ketones (excluding diaryl/α,β-unsaturated/α-hetero) is 1. The molecule has 0 fully saturated rings. The molecule has 1 aromatic carbocycles. The van der Waals surface area contributed by atoms with E-state index in [4.69, 9.17) is 16.9 Å². The number of carboxylic acids is 1. The van der Waals surface area contributed by atoms with Gasteiger partial charge in [-0.25, -0.2) is 0 Å². The molecule has 6 nitrogen and oxygen atoms in total. The van der Waals surface area contributed by atoms with Crippen molar-refractivity contribution in [2.45, 2.75) is 44.6 Å². The van der Waals surface area contributed by atoms with Gasteiger partial charge in [0.2, 0.25) is 0 Å². The monoisotopic (exact) mass is 319 g/mol. The lowest BCUT2D eigenvalue weighted by molar-refractivity contribution is -0.143. The predicted molar refractivity (Wildman–Crippen MR) is 89.3 cm³/mol. The third-order valence-electron chi connectivity index (χ3n) is 3.75. The molecule has 0 saturated carbocycles. The normalized spacial score (nSPS) is 13.3. The van der Waals surface area contributed by atoms with E-state index in [-0.39, 0.29) is 18.0 Å². The lowest BCUT2D eigenvalue weighted by atomic mass is 9.91. The summed E-state index contributed by atoms with van der Waals surface area (Å²) in [5, 5.41) is 16.4. The van der Waals surface area contributed by atoms with Crippen LogP contribution in [0.3, 0.4) is 0 Å². The number of carbonyl (C=O) groups excluding carboxylic acids is 1. The van der Waals surface area contributed by atoms with Crippen LogP contribution in [-0.2, 0) is 16.0 Å². The third kappa shape index (κ3) is 7.56. The Labute approximate surface area is 136 Å². The van der Waals surface area contributed by atoms with Crippen LogP contribution in [0.2, 0.25) is 0 Å². The SMILES string of the molecule is N=C(N)CCCC[C@H](N)C(=O)C[C@@H](Cc1ccccc1)C(=O)O. The molecule has 0 bridgehead atoms. The first-order chi connectivity index (χ1) is 10.9. The molecule has 0 radical (unpaired) electrons. The van der Waals surface area contributed by atoms with E-state index in [1.54, 1.807) is 0 Å². The second kappa shape index (κ2) is 9.74. The molecule has 126 valence electrons. The minimum Gasteiger partial charge on any atom is -0.481 e. The van der Waals surface area contributed by atoms with Gasteiger partial charge in [0.25, 0.3) is 0 Å². The van der Waals surface area contributed by atoms with Crippen molar-refractivity contribution in [3.8, 4) is 0 Å². The summed E-state index contributed by atoms with van der Waals surface area (Å²) in [6.07, 6.45) is 2.65. The second-order valence-corrected chi connectivity index (χ2v) is 5.77. The number of nitrogens with two attached hydrogens (primary N) is 2. The lowest BCUT2D eigenvalue weighted by Gasteiger charge is -2.15. The van der Waals surface area contributed by atoms with Crippen LogP contribution in [0.25, 0.3) is 0 Å². The fraction of sp³-hybridized carbons (Fsp3) is 0.471. The van der Waals surface area contributed by atoms with Crippen molar-refractivity contribution in [1.82, 2.24) is 0 Å². The van der Waals surface area contributed by atoms with E-state index in [1.807, 2.05) is 30.3 Å². The Balaban J connectivity index is 2.47. The van der Waals surface area contributed by atoms with Gasteiger partial charge < -0.3 is 16.6 Å². The largest absolute Gasteiger partial charge is 0.481 e. The Hall–Kier alpha value is -2.21. The van der Waals surface area contributed by atoms with Crippen LogP contribution in [0.5, 0.6) is 0 Å². The van der Waals surface area contributed by atoms with Crippen molar-refractivity contribution in [1.29, 1.82) is 5.41 Å². The smallest absolute Gasteiger partial charge is 0.307 e. The van der Waals surface area contributed by atoms with Crippen molar-refractivity contribution in [3.63, 3.8) is 0 Å². The Morgan fingerprint density at radius 1 is 1.17 bits per heavy atom. The number of ketones is 1. The van der Waals surface area contributed by atoms with Crippen LogP contribution >= 0.6 is 0 Å². The first-order valence-electron chi connectivity index (χ1n) is 7.78. The molecule has 0 aromatic heterocycles. The molecule has 0 aliphatic carbocycles. The Morgan fingerprint density at radius 2 is 1.83 bits per heavy atom. The number of unbranched alkanes of at least 4 members (excludes halogenated alkanes) is 1. The van der Waals surface area contributed by atoms with E-state index >= 15 is 0 Å². The third-order valence-corrected chi connectivity index (χ3v) is 3.75. The van der Waals surface area contributed by atoms with Crippen molar-refractivity contribution in [2.24, 2.45) is 17.4 Å². The maximum absolute atomic E-state index is 12.1. The van der Waals surface area contributed by atoms with Gasteiger partial charge in [-0.2, -0.15) is 0 Å². The van der Waals surface area contributed by atoms with Gasteiger partial charge in [-0.3, -0.25) is 15.0 Å². The quantitative estimate of drug-likeness (QED) is 0.280. The molecule has 6 heteroatoms. The van der Waals surface area contributed by atoms with E-state index in [2.05, 4.69) is 0 Å². The number of carbonyl (C=O) groups is 2. The molecule has 0 saturated heterocycles. The van der Waals surface area contributed by atoms with E-state index < -0.39 is 17.9 Å². The van der Waals surface area contributed by atoms with Crippen molar-refractivity contribution in [2.75, 3.05) is 0 Å². The summed E-state index contributed by atoms with van der Waals surface area (Å²) in [7, 11) is 0. The second-order valence-electron chi connectivity index (χ2n) is 5.77. The molecule has 0 heterocycles. The van der Waals surface area contributed by atoms with Crippen molar-refractivity contribution < 1.29 is 14.7 Å². The molecule has 23 heavy (non-hydrogen) atoms. The Morgan fingerprint density at radius 3 is 2.39 bits per heavy atom. The van der Waals surface area contributed by atoms with Gasteiger partial charge in [-0.15, -0.1) is 0 Å². The minimum atomic E-state index is -0.981. The summed E-state index contributed by atoms with van der Waals surface area (Å²) in [6.45, 7) is 0. The predicted octanol–water partition coefficient (Wildman–Crippen LogP) is 1.71. The summed E-state index contributed by atoms with van der Waals surface area (Å²) in [5.41, 5.74) is 12.0. The van der Waals surface area contributed by atoms with Crippen molar-refractivity contribution >= 4 is 17.6 Å². The first-order valence-corrected chi connectivity index (χ1v) is 7.78. The van der Waals surface area contributed by atoms with Crippen molar-refractivity contribution in [3.05, 3.63) is 35.9 Å². The Kier molecular flexibility index (Phi) is 7.97. The van der Waals surface area contributed by atoms with Gasteiger partial charge in [-0.05, 0) is 24.8 Å². The average Bonchev–Trinajstić information content (AvgIpc) is 2.51. The number of benzene rings is 1. The van der Waals surface area contributed by atoms with Gasteiger partial charge in [0, 0.05) is 12.8 Å². The van der Waals surface area contributed by atoms with Crippen LogP contribution in [0, 0.1) is 11.3 Å². The number of carboxylic acid groups (broad SMARTS) is 1. The van der Waals surface area contributed by atoms with Crippen LogP contribution in [0.4, 0.5) is 0 Å². The van der Waals surface area contributed by atoms with Crippen LogP contribution < -0.4 is 11.5 Å². The minimum absolute atomic E-state index is 0.0574. The molecule has 0 unspecified atom stereocenters. The fourth-order valence-corrected chi connectivity index (χ4v) is 2.38. The molecule has 0 aliphatic heterocycles. The highest BCUT2D eigenvalue weighted by Gasteiger charge is 2.24. The highest BCUT2D eigenvalue weighted by atomic mass is 16.4. The van der Waals surface area contributed by atoms with E-state index in [1.165, 1.54) is 0 Å². The summed E-state index contributed by atoms with van der Waals surface area (Å²) in [4.78, 5) is 23.5. The zero-order valence-corrected chi connectivity index (χ0v) is 13.2. The zero-order valence-electron chi connectivity index (χ0n) is 13.2. The fourth-order valence-electron chi connectivity index (χ4n) is 2.38. The van der Waals surface area contributed by atoms with Gasteiger partial charge in [0.05, 0.1) is 17.8 Å². The zero-order chi connectivity index (χ0) is 17.2. The van der Waals surface area contributed by atoms with Gasteiger partial charge >= 0.3 is 5.97 Å². The van der Waals surface area contributed by atoms with Crippen LogP contribution in [0.15, 0.2) is 30.3 Å². The molecule has 1 rings (SSSR count). The van der Waals surface area contributed by atoms with Crippen LogP contribution in [-0.4, -0.2) is 28.7 Å². The Bertz CT molecular complexity index is 531. The van der Waals surface area contributed by atoms with Gasteiger partial charge in [-0.1, -0.05) is 36.8 Å². The first kappa shape index (κ1) is 18.8.